The molecule has 11 rings (SSSR count). The van der Waals surface area contributed by atoms with E-state index in [0.29, 0.717) is 61.7 Å². The first kappa shape index (κ1) is 35.7. The van der Waals surface area contributed by atoms with Crippen LogP contribution >= 0.6 is 0 Å². The molecule has 11 aromatic rings. The van der Waals surface area contributed by atoms with Gasteiger partial charge in [-0.15, -0.1) is 65.0 Å². The normalized spacial score (nSPS) is 13.9. The molecule has 0 aliphatic rings. The van der Waals surface area contributed by atoms with Crippen molar-refractivity contribution in [1.29, 1.82) is 0 Å². The van der Waals surface area contributed by atoms with Crippen molar-refractivity contribution >= 4 is 27.3 Å². The molecule has 0 unspecified atom stereocenters. The minimum absolute atomic E-state index is 0. The molecule has 7 heterocycles. The van der Waals surface area contributed by atoms with Crippen molar-refractivity contribution in [2.45, 2.75) is 53.2 Å². The van der Waals surface area contributed by atoms with E-state index in [9.17, 15) is 11.0 Å². The van der Waals surface area contributed by atoms with Crippen LogP contribution in [0.4, 0.5) is 0 Å². The third-order valence-corrected chi connectivity index (χ3v) is 11.8. The average molecular weight is 1070 g/mol. The van der Waals surface area contributed by atoms with Crippen LogP contribution in [0, 0.1) is 45.9 Å². The molecule has 0 N–H and O–H groups in total. The molecule has 0 aliphatic heterocycles. The SMILES string of the molecule is [2H]C([2H])(c1ccc(-c2[c-]cc(C)nc2C)nc1)C([2H])([2H])c1cc(-c2ccccc2-c2cnc3c4[c-]cccc4n4cncc4c3c2-c2ccccc2)cc(C([2H])([2H])C([2H])([2H])c2ccc(-c3[c-]cc(C)nc3C)nc2)c1.[Ir+3]. The molecule has 0 atom stereocenters. The van der Waals surface area contributed by atoms with E-state index < -0.39 is 25.5 Å². The zero-order chi connectivity index (χ0) is 52.6. The van der Waals surface area contributed by atoms with Crippen molar-refractivity contribution in [3.05, 3.63) is 222 Å². The molecule has 4 aromatic carbocycles. The van der Waals surface area contributed by atoms with Gasteiger partial charge < -0.3 is 29.3 Å². The number of pyridine rings is 6. The van der Waals surface area contributed by atoms with Gasteiger partial charge in [-0.05, 0) is 126 Å². The zero-order valence-corrected chi connectivity index (χ0v) is 39.9. The summed E-state index contributed by atoms with van der Waals surface area (Å²) in [5.74, 6) is 0. The fourth-order valence-corrected chi connectivity index (χ4v) is 8.75. The number of aryl methyl sites for hydroxylation is 8. The summed E-state index contributed by atoms with van der Waals surface area (Å²) in [4.78, 5) is 27.9. The molecule has 0 bridgehead atoms. The van der Waals surface area contributed by atoms with Crippen LogP contribution in [0.1, 0.15) is 56.0 Å². The quantitative estimate of drug-likeness (QED) is 0.0948. The van der Waals surface area contributed by atoms with Crippen LogP contribution in [0.15, 0.2) is 159 Å². The van der Waals surface area contributed by atoms with E-state index in [2.05, 4.69) is 43.1 Å². The predicted octanol–water partition coefficient (Wildman–Crippen LogP) is 13.2. The van der Waals surface area contributed by atoms with E-state index in [4.69, 9.17) is 4.98 Å². The third-order valence-electron chi connectivity index (χ3n) is 11.8. The Hall–Kier alpha value is -7.51. The van der Waals surface area contributed by atoms with Crippen LogP contribution in [0.2, 0.25) is 0 Å². The van der Waals surface area contributed by atoms with Crippen molar-refractivity contribution in [3.63, 3.8) is 0 Å². The Morgan fingerprint density at radius 3 is 1.74 bits per heavy atom. The monoisotopic (exact) mass is 1070 g/mol. The van der Waals surface area contributed by atoms with E-state index >= 15 is 0 Å². The Morgan fingerprint density at radius 2 is 1.13 bits per heavy atom. The first-order valence-corrected chi connectivity index (χ1v) is 21.9. The fraction of sp³-hybridized carbons (Fsp3) is 0.133. The first-order chi connectivity index (χ1) is 35.9. The second kappa shape index (κ2) is 19.0. The average Bonchev–Trinajstić information content (AvgIpc) is 3.92. The van der Waals surface area contributed by atoms with Crippen molar-refractivity contribution in [1.82, 2.24) is 34.3 Å². The Bertz CT molecular complexity index is 3880. The van der Waals surface area contributed by atoms with Crippen LogP contribution in [0.3, 0.4) is 0 Å². The minimum Gasteiger partial charge on any atom is -0.354 e. The smallest absolute Gasteiger partial charge is 0.354 e. The van der Waals surface area contributed by atoms with E-state index in [0.717, 1.165) is 44.3 Å². The summed E-state index contributed by atoms with van der Waals surface area (Å²) in [7, 11) is 0. The van der Waals surface area contributed by atoms with Crippen LogP contribution < -0.4 is 0 Å². The van der Waals surface area contributed by atoms with Gasteiger partial charge in [-0.3, -0.25) is 0 Å². The van der Waals surface area contributed by atoms with Crippen molar-refractivity contribution in [2.24, 2.45) is 0 Å². The first-order valence-electron chi connectivity index (χ1n) is 25.9. The van der Waals surface area contributed by atoms with Crippen molar-refractivity contribution in [2.75, 3.05) is 0 Å². The summed E-state index contributed by atoms with van der Waals surface area (Å²) in [5, 5.41) is 1.62. The number of rotatable bonds is 11. The number of imidazole rings is 1. The fourth-order valence-electron chi connectivity index (χ4n) is 8.75. The van der Waals surface area contributed by atoms with E-state index in [1.807, 2.05) is 117 Å². The topological polar surface area (TPSA) is 81.8 Å². The molecule has 330 valence electrons. The molecule has 68 heavy (non-hydrogen) atoms. The predicted molar refractivity (Wildman–Crippen MR) is 270 cm³/mol. The van der Waals surface area contributed by atoms with Gasteiger partial charge >= 0.3 is 20.1 Å². The number of fused-ring (bicyclic) bond motifs is 6. The van der Waals surface area contributed by atoms with Crippen molar-refractivity contribution < 1.29 is 31.1 Å². The van der Waals surface area contributed by atoms with Crippen LogP contribution in [0.5, 0.6) is 0 Å². The molecule has 7 nitrogen and oxygen atoms in total. The van der Waals surface area contributed by atoms with Gasteiger partial charge in [-0.2, -0.15) is 0 Å². The second-order valence-corrected chi connectivity index (χ2v) is 16.4. The Balaban J connectivity index is 0.00000657. The Morgan fingerprint density at radius 1 is 0.529 bits per heavy atom. The van der Waals surface area contributed by atoms with E-state index in [-0.39, 0.29) is 42.4 Å². The second-order valence-electron chi connectivity index (χ2n) is 16.4. The number of hydrogen-bond donors (Lipinski definition) is 0. The van der Waals surface area contributed by atoms with Gasteiger partial charge in [0.2, 0.25) is 0 Å². The maximum absolute atomic E-state index is 9.77. The van der Waals surface area contributed by atoms with E-state index in [1.54, 1.807) is 30.6 Å². The molecule has 0 amide bonds. The molecule has 8 heteroatoms. The molecule has 0 spiro atoms. The summed E-state index contributed by atoms with van der Waals surface area (Å²) in [6.45, 7) is 7.39. The zero-order valence-electron chi connectivity index (χ0n) is 45.5. The number of aromatic nitrogens is 7. The molecule has 0 saturated heterocycles. The van der Waals surface area contributed by atoms with Gasteiger partial charge in [-0.1, -0.05) is 125 Å². The van der Waals surface area contributed by atoms with Gasteiger partial charge in [0.05, 0.1) is 18.0 Å². The molecule has 7 aromatic heterocycles. The van der Waals surface area contributed by atoms with Gasteiger partial charge in [0.1, 0.15) is 0 Å². The molecule has 0 fully saturated rings. The largest absolute Gasteiger partial charge is 3.00 e. The molecule has 0 radical (unpaired) electrons. The maximum atomic E-state index is 9.77. The summed E-state index contributed by atoms with van der Waals surface area (Å²) in [5.41, 5.74) is 11.0. The van der Waals surface area contributed by atoms with E-state index in [1.165, 1.54) is 42.7 Å². The van der Waals surface area contributed by atoms with Crippen LogP contribution in [0.25, 0.3) is 83.2 Å². The maximum Gasteiger partial charge on any atom is 3.00 e. The molecular formula is C60H46IrN7. The molecule has 0 aliphatic carbocycles. The minimum atomic E-state index is -2.86. The Kier molecular flexibility index (Phi) is 9.96. The number of benzene rings is 4. The van der Waals surface area contributed by atoms with Gasteiger partial charge in [0, 0.05) is 35.1 Å². The number of hydrogen-bond acceptors (Lipinski definition) is 6. The van der Waals surface area contributed by atoms with Crippen molar-refractivity contribution in [3.8, 4) is 55.9 Å². The summed E-state index contributed by atoms with van der Waals surface area (Å²) in [6, 6.07) is 46.9. The third kappa shape index (κ3) is 8.65. The van der Waals surface area contributed by atoms with Crippen LogP contribution in [-0.4, -0.2) is 34.3 Å². The molecule has 0 saturated carbocycles. The van der Waals surface area contributed by atoms with Crippen LogP contribution in [-0.2, 0) is 45.6 Å². The number of nitrogens with zero attached hydrogens (tertiary/aromatic N) is 7. The summed E-state index contributed by atoms with van der Waals surface area (Å²) < 4.78 is 79.3. The van der Waals surface area contributed by atoms with Gasteiger partial charge in [-0.25, -0.2) is 4.98 Å². The van der Waals surface area contributed by atoms with Gasteiger partial charge in [0.15, 0.2) is 0 Å². The summed E-state index contributed by atoms with van der Waals surface area (Å²) >= 11 is 0. The molecular weight excluding hydrogens is 1010 g/mol. The van der Waals surface area contributed by atoms with Gasteiger partial charge in [0.25, 0.3) is 0 Å². The standard InChI is InChI=1S/C60H46N7.Ir/c1-38-18-26-48(40(3)65-38)54-28-24-42(33-62-54)20-22-44-30-45(23-21-43-25-29-55(63-34-43)49-27-19-39(2)66-41(49)4)32-47(31-44)50-14-8-9-15-51(50)53-35-64-60-52-16-10-11-17-56(52)67-37-61-36-57(67)59(60)58(53)46-12-6-5-7-13-46;/h5-15,17-19,24-25,28-37H,20-23H2,1-4H3;/q-3;+3/i20D2,21D2,22D2,23D2;. The Labute approximate surface area is 421 Å². The summed E-state index contributed by atoms with van der Waals surface area (Å²) in [6.07, 6.45) is -3.26.